The average molecular weight is 268 g/mol. The summed E-state index contributed by atoms with van der Waals surface area (Å²) in [5.41, 5.74) is 8.85. The number of aryl methyl sites for hydroxylation is 1. The summed E-state index contributed by atoms with van der Waals surface area (Å²) in [4.78, 5) is 0. The molecular formula is C18H24N2. The Kier molecular flexibility index (Phi) is 6.28. The van der Waals surface area contributed by atoms with Crippen LogP contribution in [0.2, 0.25) is 0 Å². The first-order valence-electron chi connectivity index (χ1n) is 7.39. The van der Waals surface area contributed by atoms with Gasteiger partial charge in [0.15, 0.2) is 0 Å². The van der Waals surface area contributed by atoms with Crippen LogP contribution in [0.1, 0.15) is 17.5 Å². The van der Waals surface area contributed by atoms with E-state index in [4.69, 9.17) is 5.73 Å². The molecule has 0 radical (unpaired) electrons. The van der Waals surface area contributed by atoms with Crippen molar-refractivity contribution in [2.45, 2.75) is 25.3 Å². The maximum absolute atomic E-state index is 6.14. The minimum atomic E-state index is 0.189. The van der Waals surface area contributed by atoms with Crippen molar-refractivity contribution in [2.75, 3.05) is 13.1 Å². The highest BCUT2D eigenvalue weighted by Gasteiger charge is 2.03. The molecule has 1 unspecified atom stereocenters. The fourth-order valence-electron chi connectivity index (χ4n) is 2.34. The highest BCUT2D eigenvalue weighted by atomic mass is 14.9. The lowest BCUT2D eigenvalue weighted by molar-refractivity contribution is 0.562. The van der Waals surface area contributed by atoms with Gasteiger partial charge >= 0.3 is 0 Å². The number of nitrogens with one attached hydrogen (secondary N) is 1. The summed E-state index contributed by atoms with van der Waals surface area (Å²) in [5, 5.41) is 3.45. The maximum Gasteiger partial charge on any atom is 0.0206 e. The molecule has 0 bridgehead atoms. The molecule has 1 atom stereocenters. The van der Waals surface area contributed by atoms with Crippen LogP contribution in [-0.2, 0) is 12.8 Å². The Balaban J connectivity index is 1.57. The number of hydrogen-bond donors (Lipinski definition) is 2. The number of hydrogen-bond acceptors (Lipinski definition) is 2. The van der Waals surface area contributed by atoms with E-state index in [1.807, 2.05) is 6.07 Å². The summed E-state index contributed by atoms with van der Waals surface area (Å²) in [6.45, 7) is 1.90. The SMILES string of the molecule is NC(CNCCCc1ccccc1)Cc1ccccc1. The van der Waals surface area contributed by atoms with Crippen molar-refractivity contribution in [1.29, 1.82) is 0 Å². The number of rotatable bonds is 8. The summed E-state index contributed by atoms with van der Waals surface area (Å²) in [6.07, 6.45) is 3.22. The largest absolute Gasteiger partial charge is 0.326 e. The molecule has 2 rings (SSSR count). The van der Waals surface area contributed by atoms with Crippen molar-refractivity contribution in [3.8, 4) is 0 Å². The topological polar surface area (TPSA) is 38.0 Å². The minimum absolute atomic E-state index is 0.189. The number of nitrogens with two attached hydrogens (primary N) is 1. The standard InChI is InChI=1S/C18H24N2/c19-18(14-17-10-5-2-6-11-17)15-20-13-7-12-16-8-3-1-4-9-16/h1-6,8-11,18,20H,7,12-15,19H2. The van der Waals surface area contributed by atoms with Crippen molar-refractivity contribution in [2.24, 2.45) is 5.73 Å². The summed E-state index contributed by atoms with van der Waals surface area (Å²) < 4.78 is 0. The van der Waals surface area contributed by atoms with Gasteiger partial charge in [-0.2, -0.15) is 0 Å². The van der Waals surface area contributed by atoms with Gasteiger partial charge in [0.2, 0.25) is 0 Å². The van der Waals surface area contributed by atoms with E-state index in [-0.39, 0.29) is 6.04 Å². The third-order valence-electron chi connectivity index (χ3n) is 3.41. The van der Waals surface area contributed by atoms with Crippen molar-refractivity contribution in [3.63, 3.8) is 0 Å². The predicted octanol–water partition coefficient (Wildman–Crippen LogP) is 2.78. The molecule has 106 valence electrons. The molecule has 0 aliphatic carbocycles. The van der Waals surface area contributed by atoms with Gasteiger partial charge in [-0.3, -0.25) is 0 Å². The Hall–Kier alpha value is -1.64. The van der Waals surface area contributed by atoms with Crippen LogP contribution >= 0.6 is 0 Å². The van der Waals surface area contributed by atoms with E-state index < -0.39 is 0 Å². The summed E-state index contributed by atoms with van der Waals surface area (Å²) in [5.74, 6) is 0. The average Bonchev–Trinajstić information content (AvgIpc) is 2.49. The van der Waals surface area contributed by atoms with Crippen molar-refractivity contribution >= 4 is 0 Å². The lowest BCUT2D eigenvalue weighted by Crippen LogP contribution is -2.36. The van der Waals surface area contributed by atoms with Crippen molar-refractivity contribution in [1.82, 2.24) is 5.32 Å². The highest BCUT2D eigenvalue weighted by Crippen LogP contribution is 2.02. The third-order valence-corrected chi connectivity index (χ3v) is 3.41. The van der Waals surface area contributed by atoms with Crippen LogP contribution in [0.15, 0.2) is 60.7 Å². The van der Waals surface area contributed by atoms with E-state index in [2.05, 4.69) is 59.9 Å². The van der Waals surface area contributed by atoms with Gasteiger partial charge < -0.3 is 11.1 Å². The quantitative estimate of drug-likeness (QED) is 0.723. The van der Waals surface area contributed by atoms with Gasteiger partial charge in [-0.05, 0) is 36.9 Å². The van der Waals surface area contributed by atoms with E-state index in [1.165, 1.54) is 11.1 Å². The van der Waals surface area contributed by atoms with Gasteiger partial charge in [-0.25, -0.2) is 0 Å². The van der Waals surface area contributed by atoms with E-state index >= 15 is 0 Å². The Morgan fingerprint density at radius 1 is 0.850 bits per heavy atom. The van der Waals surface area contributed by atoms with Crippen molar-refractivity contribution < 1.29 is 0 Å². The molecule has 0 aromatic heterocycles. The molecule has 0 saturated carbocycles. The second-order valence-electron chi connectivity index (χ2n) is 5.24. The van der Waals surface area contributed by atoms with Crippen LogP contribution in [0.25, 0.3) is 0 Å². The van der Waals surface area contributed by atoms with E-state index in [0.717, 1.165) is 32.4 Å². The Bertz CT molecular complexity index is 467. The van der Waals surface area contributed by atoms with Crippen molar-refractivity contribution in [3.05, 3.63) is 71.8 Å². The zero-order valence-electron chi connectivity index (χ0n) is 12.0. The smallest absolute Gasteiger partial charge is 0.0206 e. The van der Waals surface area contributed by atoms with Gasteiger partial charge in [0.1, 0.15) is 0 Å². The zero-order valence-corrected chi connectivity index (χ0v) is 12.0. The lowest BCUT2D eigenvalue weighted by atomic mass is 10.1. The Morgan fingerprint density at radius 3 is 2.10 bits per heavy atom. The summed E-state index contributed by atoms with van der Waals surface area (Å²) >= 11 is 0. The molecule has 2 aromatic carbocycles. The molecule has 0 amide bonds. The van der Waals surface area contributed by atoms with Crippen LogP contribution < -0.4 is 11.1 Å². The van der Waals surface area contributed by atoms with Crippen LogP contribution in [0.5, 0.6) is 0 Å². The van der Waals surface area contributed by atoms with E-state index in [1.54, 1.807) is 0 Å². The third kappa shape index (κ3) is 5.55. The van der Waals surface area contributed by atoms with E-state index in [9.17, 15) is 0 Å². The van der Waals surface area contributed by atoms with Crippen LogP contribution in [0.4, 0.5) is 0 Å². The number of benzene rings is 2. The summed E-state index contributed by atoms with van der Waals surface area (Å²) in [6, 6.07) is 21.2. The van der Waals surface area contributed by atoms with Crippen LogP contribution in [-0.4, -0.2) is 19.1 Å². The molecule has 0 aliphatic rings. The van der Waals surface area contributed by atoms with Crippen LogP contribution in [0, 0.1) is 0 Å². The Morgan fingerprint density at radius 2 is 1.45 bits per heavy atom. The molecule has 2 aromatic rings. The molecule has 0 spiro atoms. The second-order valence-corrected chi connectivity index (χ2v) is 5.24. The highest BCUT2D eigenvalue weighted by molar-refractivity contribution is 5.16. The molecule has 0 saturated heterocycles. The molecule has 0 heterocycles. The van der Waals surface area contributed by atoms with Gasteiger partial charge in [-0.15, -0.1) is 0 Å². The molecule has 0 fully saturated rings. The van der Waals surface area contributed by atoms with E-state index in [0.29, 0.717) is 0 Å². The first-order valence-corrected chi connectivity index (χ1v) is 7.39. The predicted molar refractivity (Wildman–Crippen MR) is 85.8 cm³/mol. The molecule has 3 N–H and O–H groups in total. The molecule has 2 nitrogen and oxygen atoms in total. The Labute approximate surface area is 122 Å². The minimum Gasteiger partial charge on any atom is -0.326 e. The van der Waals surface area contributed by atoms with Gasteiger partial charge in [0, 0.05) is 12.6 Å². The molecule has 0 aliphatic heterocycles. The monoisotopic (exact) mass is 268 g/mol. The van der Waals surface area contributed by atoms with Gasteiger partial charge in [-0.1, -0.05) is 60.7 Å². The van der Waals surface area contributed by atoms with Gasteiger partial charge in [0.25, 0.3) is 0 Å². The maximum atomic E-state index is 6.14. The van der Waals surface area contributed by atoms with Gasteiger partial charge in [0.05, 0.1) is 0 Å². The first-order chi connectivity index (χ1) is 9.84. The van der Waals surface area contributed by atoms with Crippen LogP contribution in [0.3, 0.4) is 0 Å². The fourth-order valence-corrected chi connectivity index (χ4v) is 2.34. The fraction of sp³-hybridized carbons (Fsp3) is 0.333. The summed E-state index contributed by atoms with van der Waals surface area (Å²) in [7, 11) is 0. The molecule has 2 heteroatoms. The zero-order chi connectivity index (χ0) is 14.0. The lowest BCUT2D eigenvalue weighted by Gasteiger charge is -2.12. The normalized spacial score (nSPS) is 12.2. The molecule has 20 heavy (non-hydrogen) atoms. The molecular weight excluding hydrogens is 244 g/mol. The first kappa shape index (κ1) is 14.8. The second kappa shape index (κ2) is 8.51.